The number of hydrogen-bond donors (Lipinski definition) is 2. The number of benzene rings is 1. The summed E-state index contributed by atoms with van der Waals surface area (Å²) in [6.45, 7) is 4.88. The summed E-state index contributed by atoms with van der Waals surface area (Å²) in [7, 11) is 0. The molecule has 0 radical (unpaired) electrons. The van der Waals surface area contributed by atoms with Crippen LogP contribution in [0.3, 0.4) is 0 Å². The summed E-state index contributed by atoms with van der Waals surface area (Å²) in [5, 5.41) is 7.13. The lowest BCUT2D eigenvalue weighted by atomic mass is 10.1. The van der Waals surface area contributed by atoms with Gasteiger partial charge in [-0.25, -0.2) is 0 Å². The van der Waals surface area contributed by atoms with E-state index in [4.69, 9.17) is 23.2 Å². The largest absolute Gasteiger partial charge is 0.353 e. The molecule has 0 spiro atoms. The summed E-state index contributed by atoms with van der Waals surface area (Å²) >= 11 is 12.1. The van der Waals surface area contributed by atoms with Crippen LogP contribution in [0.4, 0.5) is 11.4 Å². The van der Waals surface area contributed by atoms with E-state index in [9.17, 15) is 4.79 Å². The van der Waals surface area contributed by atoms with Gasteiger partial charge in [0.25, 0.3) is 5.91 Å². The number of aromatic nitrogens is 1. The highest BCUT2D eigenvalue weighted by Crippen LogP contribution is 2.28. The Hall–Kier alpha value is -1.78. The Morgan fingerprint density at radius 2 is 2.00 bits per heavy atom. The van der Waals surface area contributed by atoms with E-state index >= 15 is 0 Å². The van der Waals surface area contributed by atoms with Crippen molar-refractivity contribution in [3.63, 3.8) is 0 Å². The van der Waals surface area contributed by atoms with Crippen molar-refractivity contribution in [1.29, 1.82) is 0 Å². The van der Waals surface area contributed by atoms with E-state index in [1.54, 1.807) is 30.5 Å². The molecule has 122 valence electrons. The zero-order valence-corrected chi connectivity index (χ0v) is 14.6. The molecule has 0 aliphatic heterocycles. The predicted octanol–water partition coefficient (Wildman–Crippen LogP) is 4.91. The standard InChI is InChI=1S/C17H19Cl2N3O/c1-11(2)5-6-21-17(23)12-7-14(10-20-9-12)22-16-8-13(18)3-4-15(16)19/h3-4,7-11,22H,5-6H2,1-2H3,(H,21,23). The van der Waals surface area contributed by atoms with Gasteiger partial charge in [0.1, 0.15) is 0 Å². The Kier molecular flexibility index (Phi) is 6.25. The predicted molar refractivity (Wildman–Crippen MR) is 95.8 cm³/mol. The van der Waals surface area contributed by atoms with E-state index in [-0.39, 0.29) is 5.91 Å². The van der Waals surface area contributed by atoms with Crippen LogP contribution in [0.15, 0.2) is 36.7 Å². The lowest BCUT2D eigenvalue weighted by Gasteiger charge is -2.10. The number of pyridine rings is 1. The summed E-state index contributed by atoms with van der Waals surface area (Å²) in [6, 6.07) is 6.88. The van der Waals surface area contributed by atoms with E-state index in [0.29, 0.717) is 39.4 Å². The molecule has 2 aromatic rings. The maximum atomic E-state index is 12.1. The Morgan fingerprint density at radius 1 is 1.22 bits per heavy atom. The number of anilines is 2. The molecule has 1 amide bonds. The molecule has 1 aromatic carbocycles. The summed E-state index contributed by atoms with van der Waals surface area (Å²) in [5.74, 6) is 0.408. The van der Waals surface area contributed by atoms with Crippen molar-refractivity contribution in [2.24, 2.45) is 5.92 Å². The molecule has 23 heavy (non-hydrogen) atoms. The molecule has 1 heterocycles. The third kappa shape index (κ3) is 5.41. The van der Waals surface area contributed by atoms with Gasteiger partial charge < -0.3 is 10.6 Å². The molecular weight excluding hydrogens is 333 g/mol. The highest BCUT2D eigenvalue weighted by molar-refractivity contribution is 6.35. The van der Waals surface area contributed by atoms with Gasteiger partial charge in [0.15, 0.2) is 0 Å². The fourth-order valence-electron chi connectivity index (χ4n) is 1.96. The molecule has 2 rings (SSSR count). The maximum Gasteiger partial charge on any atom is 0.252 e. The third-order valence-corrected chi connectivity index (χ3v) is 3.78. The zero-order valence-electron chi connectivity index (χ0n) is 13.1. The SMILES string of the molecule is CC(C)CCNC(=O)c1cncc(Nc2cc(Cl)ccc2Cl)c1. The van der Waals surface area contributed by atoms with Crippen molar-refractivity contribution in [3.8, 4) is 0 Å². The van der Waals surface area contributed by atoms with Gasteiger partial charge in [-0.2, -0.15) is 0 Å². The van der Waals surface area contributed by atoms with Gasteiger partial charge in [-0.15, -0.1) is 0 Å². The minimum atomic E-state index is -0.140. The lowest BCUT2D eigenvalue weighted by molar-refractivity contribution is 0.0951. The van der Waals surface area contributed by atoms with Gasteiger partial charge in [-0.3, -0.25) is 9.78 Å². The molecule has 0 aliphatic carbocycles. The molecule has 0 aliphatic rings. The van der Waals surface area contributed by atoms with Crippen LogP contribution < -0.4 is 10.6 Å². The van der Waals surface area contributed by atoms with Gasteiger partial charge in [0.05, 0.1) is 28.2 Å². The first-order valence-electron chi connectivity index (χ1n) is 7.41. The first-order chi connectivity index (χ1) is 11.0. The molecule has 4 nitrogen and oxygen atoms in total. The monoisotopic (exact) mass is 351 g/mol. The molecule has 6 heteroatoms. The highest BCUT2D eigenvalue weighted by atomic mass is 35.5. The molecular formula is C17H19Cl2N3O. The zero-order chi connectivity index (χ0) is 16.8. The van der Waals surface area contributed by atoms with Gasteiger partial charge in [-0.1, -0.05) is 37.0 Å². The summed E-state index contributed by atoms with van der Waals surface area (Å²) < 4.78 is 0. The quantitative estimate of drug-likeness (QED) is 0.777. The lowest BCUT2D eigenvalue weighted by Crippen LogP contribution is -2.25. The second-order valence-electron chi connectivity index (χ2n) is 5.65. The van der Waals surface area contributed by atoms with Crippen LogP contribution in [-0.2, 0) is 0 Å². The van der Waals surface area contributed by atoms with Crippen molar-refractivity contribution in [2.75, 3.05) is 11.9 Å². The van der Waals surface area contributed by atoms with E-state index in [1.165, 1.54) is 6.20 Å². The first kappa shape index (κ1) is 17.6. The van der Waals surface area contributed by atoms with Crippen molar-refractivity contribution in [3.05, 3.63) is 52.3 Å². The number of carbonyl (C=O) groups excluding carboxylic acids is 1. The van der Waals surface area contributed by atoms with E-state index in [0.717, 1.165) is 6.42 Å². The Balaban J connectivity index is 2.07. The van der Waals surface area contributed by atoms with Crippen molar-refractivity contribution in [1.82, 2.24) is 10.3 Å². The molecule has 0 saturated heterocycles. The highest BCUT2D eigenvalue weighted by Gasteiger charge is 2.08. The summed E-state index contributed by atoms with van der Waals surface area (Å²) in [4.78, 5) is 16.2. The first-order valence-corrected chi connectivity index (χ1v) is 8.16. The van der Waals surface area contributed by atoms with E-state index in [1.807, 2.05) is 0 Å². The van der Waals surface area contributed by atoms with Crippen LogP contribution in [0.25, 0.3) is 0 Å². The Labute approximate surface area is 146 Å². The van der Waals surface area contributed by atoms with Crippen molar-refractivity contribution in [2.45, 2.75) is 20.3 Å². The normalized spacial score (nSPS) is 10.7. The summed E-state index contributed by atoms with van der Waals surface area (Å²) in [5.41, 5.74) is 1.83. The number of hydrogen-bond acceptors (Lipinski definition) is 3. The molecule has 0 atom stereocenters. The maximum absolute atomic E-state index is 12.1. The smallest absolute Gasteiger partial charge is 0.252 e. The average Bonchev–Trinajstić information content (AvgIpc) is 2.51. The molecule has 1 aromatic heterocycles. The second kappa shape index (κ2) is 8.18. The van der Waals surface area contributed by atoms with Crippen LogP contribution in [0.5, 0.6) is 0 Å². The summed E-state index contributed by atoms with van der Waals surface area (Å²) in [6.07, 6.45) is 4.10. The number of nitrogens with zero attached hydrogens (tertiary/aromatic N) is 1. The van der Waals surface area contributed by atoms with Crippen molar-refractivity contribution < 1.29 is 4.79 Å². The number of nitrogens with one attached hydrogen (secondary N) is 2. The van der Waals surface area contributed by atoms with E-state index in [2.05, 4.69) is 29.5 Å². The number of rotatable bonds is 6. The van der Waals surface area contributed by atoms with Crippen molar-refractivity contribution >= 4 is 40.5 Å². The van der Waals surface area contributed by atoms with Crippen LogP contribution in [0, 0.1) is 5.92 Å². The number of amides is 1. The number of carbonyl (C=O) groups is 1. The fraction of sp³-hybridized carbons (Fsp3) is 0.294. The van der Waals surface area contributed by atoms with Crippen LogP contribution in [-0.4, -0.2) is 17.4 Å². The minimum absolute atomic E-state index is 0.140. The second-order valence-corrected chi connectivity index (χ2v) is 6.49. The average molecular weight is 352 g/mol. The molecule has 0 bridgehead atoms. The van der Waals surface area contributed by atoms with E-state index < -0.39 is 0 Å². The van der Waals surface area contributed by atoms with Crippen LogP contribution >= 0.6 is 23.2 Å². The minimum Gasteiger partial charge on any atom is -0.353 e. The van der Waals surface area contributed by atoms with Gasteiger partial charge >= 0.3 is 0 Å². The van der Waals surface area contributed by atoms with Gasteiger partial charge in [-0.05, 0) is 36.6 Å². The fourth-order valence-corrected chi connectivity index (χ4v) is 2.29. The van der Waals surface area contributed by atoms with Gasteiger partial charge in [0, 0.05) is 17.8 Å². The Bertz CT molecular complexity index is 689. The third-order valence-electron chi connectivity index (χ3n) is 3.22. The Morgan fingerprint density at radius 3 is 2.74 bits per heavy atom. The van der Waals surface area contributed by atoms with Crippen LogP contribution in [0.2, 0.25) is 10.0 Å². The molecule has 0 unspecified atom stereocenters. The molecule has 0 saturated carbocycles. The molecule has 2 N–H and O–H groups in total. The van der Waals surface area contributed by atoms with Crippen LogP contribution in [0.1, 0.15) is 30.6 Å². The van der Waals surface area contributed by atoms with Gasteiger partial charge in [0.2, 0.25) is 0 Å². The number of halogens is 2. The molecule has 0 fully saturated rings. The topological polar surface area (TPSA) is 54.0 Å².